The van der Waals surface area contributed by atoms with E-state index >= 15 is 0 Å². The van der Waals surface area contributed by atoms with Crippen LogP contribution in [0.4, 0.5) is 8.78 Å². The molecular weight excluding hydrogens is 569 g/mol. The van der Waals surface area contributed by atoms with Crippen molar-refractivity contribution in [1.82, 2.24) is 9.55 Å². The lowest BCUT2D eigenvalue weighted by molar-refractivity contribution is 0.109. The number of oxazole rings is 1. The Kier molecular flexibility index (Phi) is 6.94. The van der Waals surface area contributed by atoms with E-state index in [0.29, 0.717) is 11.3 Å². The zero-order valence-corrected chi connectivity index (χ0v) is 21.4. The van der Waals surface area contributed by atoms with Crippen molar-refractivity contribution in [1.29, 1.82) is 0 Å². The summed E-state index contributed by atoms with van der Waals surface area (Å²) in [6, 6.07) is 9.91. The van der Waals surface area contributed by atoms with Gasteiger partial charge in [0.05, 0.1) is 29.9 Å². The monoisotopic (exact) mass is 592 g/mol. The van der Waals surface area contributed by atoms with Crippen molar-refractivity contribution >= 4 is 22.6 Å². The SMILES string of the molecule is Cc1cc(I)cc(C)c1-n1cc(-c2nc(C(C)(CO)CO)oc2-c2ccc(F)cc2F)ccc1=O. The quantitative estimate of drug-likeness (QED) is 0.311. The van der Waals surface area contributed by atoms with Crippen molar-refractivity contribution in [2.45, 2.75) is 26.2 Å². The van der Waals surface area contributed by atoms with Crippen molar-refractivity contribution in [2.75, 3.05) is 13.2 Å². The average molecular weight is 592 g/mol. The Morgan fingerprint density at radius 1 is 1.06 bits per heavy atom. The number of hydrogen-bond donors (Lipinski definition) is 2. The van der Waals surface area contributed by atoms with Gasteiger partial charge in [0.15, 0.2) is 5.76 Å². The van der Waals surface area contributed by atoms with Crippen LogP contribution < -0.4 is 5.56 Å². The first kappa shape index (κ1) is 25.2. The van der Waals surface area contributed by atoms with Gasteiger partial charge >= 0.3 is 0 Å². The molecule has 182 valence electrons. The second-order valence-corrected chi connectivity index (χ2v) is 9.96. The van der Waals surface area contributed by atoms with Crippen LogP contribution in [0.15, 0.2) is 57.9 Å². The van der Waals surface area contributed by atoms with Gasteiger partial charge in [-0.05, 0) is 84.8 Å². The molecule has 0 radical (unpaired) electrons. The summed E-state index contributed by atoms with van der Waals surface area (Å²) >= 11 is 2.21. The Balaban J connectivity index is 1.99. The number of aromatic nitrogens is 2. The van der Waals surface area contributed by atoms with Crippen LogP contribution in [0.2, 0.25) is 0 Å². The van der Waals surface area contributed by atoms with E-state index in [2.05, 4.69) is 27.6 Å². The van der Waals surface area contributed by atoms with Crippen molar-refractivity contribution in [3.63, 3.8) is 0 Å². The third-order valence-corrected chi connectivity index (χ3v) is 6.52. The molecule has 0 aliphatic rings. The number of nitrogens with zero attached hydrogens (tertiary/aromatic N) is 2. The van der Waals surface area contributed by atoms with Crippen LogP contribution in [0.5, 0.6) is 0 Å². The van der Waals surface area contributed by atoms with E-state index in [1.807, 2.05) is 26.0 Å². The third kappa shape index (κ3) is 4.67. The van der Waals surface area contributed by atoms with Crippen LogP contribution in [-0.4, -0.2) is 33.0 Å². The molecule has 4 rings (SSSR count). The fraction of sp³-hybridized carbons (Fsp3) is 0.231. The normalized spacial score (nSPS) is 11.8. The molecule has 4 aromatic rings. The van der Waals surface area contributed by atoms with Gasteiger partial charge < -0.3 is 14.6 Å². The lowest BCUT2D eigenvalue weighted by Gasteiger charge is -2.19. The van der Waals surface area contributed by atoms with E-state index in [-0.39, 0.29) is 28.5 Å². The van der Waals surface area contributed by atoms with Gasteiger partial charge in [0.1, 0.15) is 17.3 Å². The Morgan fingerprint density at radius 2 is 1.71 bits per heavy atom. The number of aliphatic hydroxyl groups excluding tert-OH is 2. The zero-order valence-electron chi connectivity index (χ0n) is 19.3. The fourth-order valence-corrected chi connectivity index (χ4v) is 4.83. The number of rotatable bonds is 6. The highest BCUT2D eigenvalue weighted by Crippen LogP contribution is 2.37. The molecule has 0 saturated heterocycles. The standard InChI is InChI=1S/C26H23F2IN2O4/c1-14-8-18(29)9-15(2)23(14)31-11-16(4-7-21(31)34)22-24(19-6-5-17(27)10-20(19)28)35-25(30-22)26(3,12-32)13-33/h4-11,32-33H,12-13H2,1-3H3. The summed E-state index contributed by atoms with van der Waals surface area (Å²) in [4.78, 5) is 17.3. The van der Waals surface area contributed by atoms with Crippen LogP contribution in [0.25, 0.3) is 28.3 Å². The van der Waals surface area contributed by atoms with Crippen molar-refractivity contribution < 1.29 is 23.4 Å². The molecule has 2 aromatic carbocycles. The first-order valence-corrected chi connectivity index (χ1v) is 11.8. The number of pyridine rings is 1. The molecule has 0 spiro atoms. The maximum Gasteiger partial charge on any atom is 0.255 e. The van der Waals surface area contributed by atoms with Gasteiger partial charge in [-0.15, -0.1) is 0 Å². The van der Waals surface area contributed by atoms with Crippen LogP contribution in [-0.2, 0) is 5.41 Å². The van der Waals surface area contributed by atoms with Gasteiger partial charge in [-0.2, -0.15) is 0 Å². The molecular formula is C26H23F2IN2O4. The highest BCUT2D eigenvalue weighted by Gasteiger charge is 2.33. The largest absolute Gasteiger partial charge is 0.439 e. The van der Waals surface area contributed by atoms with E-state index in [0.717, 1.165) is 26.8 Å². The highest BCUT2D eigenvalue weighted by molar-refractivity contribution is 14.1. The van der Waals surface area contributed by atoms with E-state index in [1.54, 1.807) is 13.1 Å². The minimum absolute atomic E-state index is 0.00752. The van der Waals surface area contributed by atoms with E-state index in [1.165, 1.54) is 22.8 Å². The van der Waals surface area contributed by atoms with Gasteiger partial charge in [0, 0.05) is 27.5 Å². The summed E-state index contributed by atoms with van der Waals surface area (Å²) in [5.41, 5.74) is 1.57. The van der Waals surface area contributed by atoms with Crippen LogP contribution in [0.1, 0.15) is 23.9 Å². The maximum atomic E-state index is 14.8. The predicted octanol–water partition coefficient (Wildman–Crippen LogP) is 4.90. The summed E-state index contributed by atoms with van der Waals surface area (Å²) in [6.07, 6.45) is 1.59. The lowest BCUT2D eigenvalue weighted by atomic mass is 9.93. The molecule has 0 bridgehead atoms. The summed E-state index contributed by atoms with van der Waals surface area (Å²) < 4.78 is 36.8. The molecule has 2 N–H and O–H groups in total. The van der Waals surface area contributed by atoms with Gasteiger partial charge in [0.2, 0.25) is 5.89 Å². The molecule has 0 aliphatic heterocycles. The number of aliphatic hydroxyl groups is 2. The van der Waals surface area contributed by atoms with Gasteiger partial charge in [-0.25, -0.2) is 13.8 Å². The molecule has 0 saturated carbocycles. The van der Waals surface area contributed by atoms with Crippen molar-refractivity contribution in [3.05, 3.63) is 91.2 Å². The summed E-state index contributed by atoms with van der Waals surface area (Å²) in [7, 11) is 0. The average Bonchev–Trinajstić information content (AvgIpc) is 3.25. The molecule has 9 heteroatoms. The molecule has 0 aliphatic carbocycles. The second kappa shape index (κ2) is 9.63. The predicted molar refractivity (Wildman–Crippen MR) is 137 cm³/mol. The third-order valence-electron chi connectivity index (χ3n) is 5.90. The second-order valence-electron chi connectivity index (χ2n) is 8.71. The lowest BCUT2D eigenvalue weighted by Crippen LogP contribution is -2.31. The Labute approximate surface area is 214 Å². The molecule has 0 fully saturated rings. The van der Waals surface area contributed by atoms with Crippen molar-refractivity contribution in [2.24, 2.45) is 0 Å². The topological polar surface area (TPSA) is 88.5 Å². The molecule has 0 amide bonds. The number of aryl methyl sites for hydroxylation is 2. The van der Waals surface area contributed by atoms with Gasteiger partial charge in [0.25, 0.3) is 5.56 Å². The molecule has 2 aromatic heterocycles. The number of hydrogen-bond acceptors (Lipinski definition) is 5. The van der Waals surface area contributed by atoms with Crippen molar-refractivity contribution in [3.8, 4) is 28.3 Å². The van der Waals surface area contributed by atoms with Gasteiger partial charge in [-0.3, -0.25) is 9.36 Å². The van der Waals surface area contributed by atoms with E-state index in [9.17, 15) is 23.8 Å². The van der Waals surface area contributed by atoms with E-state index in [4.69, 9.17) is 4.42 Å². The number of benzene rings is 2. The molecule has 2 heterocycles. The van der Waals surface area contributed by atoms with Gasteiger partial charge in [-0.1, -0.05) is 0 Å². The Morgan fingerprint density at radius 3 is 2.31 bits per heavy atom. The first-order valence-electron chi connectivity index (χ1n) is 10.8. The Bertz CT molecular complexity index is 1450. The summed E-state index contributed by atoms with van der Waals surface area (Å²) in [5.74, 6) is -1.63. The van der Waals surface area contributed by atoms with Crippen LogP contribution in [0, 0.1) is 29.1 Å². The van der Waals surface area contributed by atoms with Crippen LogP contribution in [0.3, 0.4) is 0 Å². The molecule has 35 heavy (non-hydrogen) atoms. The summed E-state index contributed by atoms with van der Waals surface area (Å²) in [6.45, 7) is 4.41. The highest BCUT2D eigenvalue weighted by atomic mass is 127. The fourth-order valence-electron chi connectivity index (χ4n) is 3.90. The number of halogens is 3. The molecule has 6 nitrogen and oxygen atoms in total. The molecule has 0 atom stereocenters. The van der Waals surface area contributed by atoms with Crippen LogP contribution >= 0.6 is 22.6 Å². The Hall–Kier alpha value is -2.89. The minimum atomic E-state index is -1.25. The van der Waals surface area contributed by atoms with E-state index < -0.39 is 30.3 Å². The maximum absolute atomic E-state index is 14.8. The molecule has 0 unspecified atom stereocenters. The zero-order chi connectivity index (χ0) is 25.5. The summed E-state index contributed by atoms with van der Waals surface area (Å²) in [5, 5.41) is 19.7. The smallest absolute Gasteiger partial charge is 0.255 e. The minimum Gasteiger partial charge on any atom is -0.439 e. The first-order chi connectivity index (χ1) is 16.6.